The van der Waals surface area contributed by atoms with Crippen LogP contribution in [0.25, 0.3) is 5.78 Å². The highest BCUT2D eigenvalue weighted by molar-refractivity contribution is 5.85. The van der Waals surface area contributed by atoms with Crippen molar-refractivity contribution in [1.29, 1.82) is 0 Å². The van der Waals surface area contributed by atoms with Crippen LogP contribution in [0.5, 0.6) is 0 Å². The number of methoxy groups -OCH3 is 1. The van der Waals surface area contributed by atoms with Gasteiger partial charge in [-0.25, -0.2) is 14.3 Å². The molecule has 0 radical (unpaired) electrons. The van der Waals surface area contributed by atoms with E-state index in [0.29, 0.717) is 11.7 Å². The molecule has 1 fully saturated rings. The van der Waals surface area contributed by atoms with Gasteiger partial charge in [-0.3, -0.25) is 0 Å². The van der Waals surface area contributed by atoms with Crippen LogP contribution >= 0.6 is 0 Å². The Hall–Kier alpha value is -1.98. The highest BCUT2D eigenvalue weighted by Gasteiger charge is 2.27. The molecule has 6 heteroatoms. The van der Waals surface area contributed by atoms with Gasteiger partial charge in [0.2, 0.25) is 0 Å². The summed E-state index contributed by atoms with van der Waals surface area (Å²) in [7, 11) is 1.31. The number of esters is 1. The van der Waals surface area contributed by atoms with Gasteiger partial charge in [0.25, 0.3) is 11.6 Å². The van der Waals surface area contributed by atoms with Crippen molar-refractivity contribution in [3.63, 3.8) is 0 Å². The van der Waals surface area contributed by atoms with Crippen LogP contribution in [0.15, 0.2) is 12.3 Å². The normalized spacial score (nSPS) is 15.3. The Labute approximate surface area is 91.3 Å². The molecule has 1 aliphatic carbocycles. The van der Waals surface area contributed by atoms with E-state index in [9.17, 15) is 4.79 Å². The zero-order valence-corrected chi connectivity index (χ0v) is 8.75. The molecule has 2 aromatic heterocycles. The Bertz CT molecular complexity index is 559. The summed E-state index contributed by atoms with van der Waals surface area (Å²) in [4.78, 5) is 19.4. The van der Waals surface area contributed by atoms with Crippen LogP contribution in [-0.4, -0.2) is 32.7 Å². The van der Waals surface area contributed by atoms with Crippen LogP contribution in [-0.2, 0) is 4.74 Å². The molecular formula is C10H10N4O2. The van der Waals surface area contributed by atoms with Crippen LogP contribution in [0.3, 0.4) is 0 Å². The lowest BCUT2D eigenvalue weighted by Crippen LogP contribution is -2.04. The third-order valence-corrected chi connectivity index (χ3v) is 2.63. The summed E-state index contributed by atoms with van der Waals surface area (Å²) >= 11 is 0. The van der Waals surface area contributed by atoms with E-state index >= 15 is 0 Å². The SMILES string of the molecule is COC(=O)c1nc2nccc(C3CC3)n2n1. The fourth-order valence-corrected chi connectivity index (χ4v) is 1.68. The Morgan fingerprint density at radius 2 is 2.38 bits per heavy atom. The first-order valence-corrected chi connectivity index (χ1v) is 5.09. The lowest BCUT2D eigenvalue weighted by molar-refractivity contribution is 0.0587. The van der Waals surface area contributed by atoms with E-state index in [2.05, 4.69) is 19.8 Å². The highest BCUT2D eigenvalue weighted by Crippen LogP contribution is 2.39. The van der Waals surface area contributed by atoms with E-state index in [-0.39, 0.29) is 5.82 Å². The smallest absolute Gasteiger partial charge is 0.378 e. The third-order valence-electron chi connectivity index (χ3n) is 2.63. The summed E-state index contributed by atoms with van der Waals surface area (Å²) in [5.41, 5.74) is 1.06. The van der Waals surface area contributed by atoms with Crippen molar-refractivity contribution in [3.05, 3.63) is 23.8 Å². The van der Waals surface area contributed by atoms with Crippen molar-refractivity contribution in [2.75, 3.05) is 7.11 Å². The number of rotatable bonds is 2. The number of fused-ring (bicyclic) bond motifs is 1. The predicted octanol–water partition coefficient (Wildman–Crippen LogP) is 0.788. The molecule has 0 aromatic carbocycles. The maximum absolute atomic E-state index is 11.3. The van der Waals surface area contributed by atoms with E-state index in [4.69, 9.17) is 0 Å². The summed E-state index contributed by atoms with van der Waals surface area (Å²) in [6, 6.07) is 1.92. The van der Waals surface area contributed by atoms with E-state index in [1.165, 1.54) is 7.11 Å². The number of hydrogen-bond acceptors (Lipinski definition) is 5. The third kappa shape index (κ3) is 1.34. The molecule has 0 saturated heterocycles. The minimum absolute atomic E-state index is 0.0584. The van der Waals surface area contributed by atoms with Crippen molar-refractivity contribution < 1.29 is 9.53 Å². The van der Waals surface area contributed by atoms with Crippen molar-refractivity contribution in [3.8, 4) is 0 Å². The number of nitrogens with zero attached hydrogens (tertiary/aromatic N) is 4. The lowest BCUT2D eigenvalue weighted by atomic mass is 10.3. The van der Waals surface area contributed by atoms with Gasteiger partial charge in [0.15, 0.2) is 0 Å². The Morgan fingerprint density at radius 3 is 3.06 bits per heavy atom. The fourth-order valence-electron chi connectivity index (χ4n) is 1.68. The van der Waals surface area contributed by atoms with E-state index in [0.717, 1.165) is 18.5 Å². The minimum Gasteiger partial charge on any atom is -0.463 e. The summed E-state index contributed by atoms with van der Waals surface area (Å²) in [6.45, 7) is 0. The second-order valence-corrected chi connectivity index (χ2v) is 3.78. The molecule has 0 amide bonds. The van der Waals surface area contributed by atoms with Gasteiger partial charge < -0.3 is 4.74 Å². The van der Waals surface area contributed by atoms with Crippen molar-refractivity contribution in [2.45, 2.75) is 18.8 Å². The quantitative estimate of drug-likeness (QED) is 0.697. The summed E-state index contributed by atoms with van der Waals surface area (Å²) in [5.74, 6) is 0.498. The second-order valence-electron chi connectivity index (χ2n) is 3.78. The molecule has 0 unspecified atom stereocenters. The van der Waals surface area contributed by atoms with Crippen LogP contribution in [0, 0.1) is 0 Å². The van der Waals surface area contributed by atoms with E-state index < -0.39 is 5.97 Å². The van der Waals surface area contributed by atoms with Crippen molar-refractivity contribution in [1.82, 2.24) is 19.6 Å². The van der Waals surface area contributed by atoms with Gasteiger partial charge in [0, 0.05) is 12.1 Å². The maximum Gasteiger partial charge on any atom is 0.378 e. The second kappa shape index (κ2) is 3.26. The summed E-state index contributed by atoms with van der Waals surface area (Å²) < 4.78 is 6.21. The molecule has 1 aliphatic rings. The molecule has 2 aromatic rings. The number of aromatic nitrogens is 4. The van der Waals surface area contributed by atoms with Crippen LogP contribution in [0.1, 0.15) is 35.1 Å². The monoisotopic (exact) mass is 218 g/mol. The molecular weight excluding hydrogens is 208 g/mol. The first kappa shape index (κ1) is 9.26. The van der Waals surface area contributed by atoms with Crippen LogP contribution in [0.2, 0.25) is 0 Å². The maximum atomic E-state index is 11.3. The molecule has 2 heterocycles. The van der Waals surface area contributed by atoms with Gasteiger partial charge in [0.1, 0.15) is 0 Å². The number of carbonyl (C=O) groups is 1. The first-order chi connectivity index (χ1) is 7.79. The fraction of sp³-hybridized carbons (Fsp3) is 0.400. The minimum atomic E-state index is -0.535. The number of hydrogen-bond donors (Lipinski definition) is 0. The molecule has 82 valence electrons. The average molecular weight is 218 g/mol. The molecule has 16 heavy (non-hydrogen) atoms. The Morgan fingerprint density at radius 1 is 1.56 bits per heavy atom. The standard InChI is InChI=1S/C10H10N4O2/c1-16-9(15)8-12-10-11-5-4-7(6-2-3-6)14(10)13-8/h4-6H,2-3H2,1H3. The molecule has 0 atom stereocenters. The first-order valence-electron chi connectivity index (χ1n) is 5.09. The van der Waals surface area contributed by atoms with Gasteiger partial charge in [-0.1, -0.05) is 0 Å². The van der Waals surface area contributed by atoms with Crippen molar-refractivity contribution >= 4 is 11.7 Å². The zero-order chi connectivity index (χ0) is 11.1. The summed E-state index contributed by atoms with van der Waals surface area (Å²) in [5, 5.41) is 4.11. The van der Waals surface area contributed by atoms with Crippen LogP contribution < -0.4 is 0 Å². The largest absolute Gasteiger partial charge is 0.463 e. The molecule has 0 bridgehead atoms. The van der Waals surface area contributed by atoms with Crippen molar-refractivity contribution in [2.24, 2.45) is 0 Å². The van der Waals surface area contributed by atoms with Gasteiger partial charge in [-0.2, -0.15) is 4.98 Å². The topological polar surface area (TPSA) is 69.4 Å². The Kier molecular flexibility index (Phi) is 1.89. The molecule has 1 saturated carbocycles. The highest BCUT2D eigenvalue weighted by atomic mass is 16.5. The number of ether oxygens (including phenoxy) is 1. The Balaban J connectivity index is 2.16. The van der Waals surface area contributed by atoms with Gasteiger partial charge >= 0.3 is 5.97 Å². The van der Waals surface area contributed by atoms with Gasteiger partial charge in [-0.15, -0.1) is 5.10 Å². The summed E-state index contributed by atoms with van der Waals surface area (Å²) in [6.07, 6.45) is 4.01. The lowest BCUT2D eigenvalue weighted by Gasteiger charge is -1.98. The predicted molar refractivity (Wildman–Crippen MR) is 54.1 cm³/mol. The van der Waals surface area contributed by atoms with E-state index in [1.807, 2.05) is 6.07 Å². The zero-order valence-electron chi connectivity index (χ0n) is 8.75. The molecule has 6 nitrogen and oxygen atoms in total. The molecule has 0 N–H and O–H groups in total. The average Bonchev–Trinajstić information content (AvgIpc) is 3.05. The number of carbonyl (C=O) groups excluding carboxylic acids is 1. The van der Waals surface area contributed by atoms with E-state index in [1.54, 1.807) is 10.7 Å². The van der Waals surface area contributed by atoms with Gasteiger partial charge in [-0.05, 0) is 18.9 Å². The molecule has 0 aliphatic heterocycles. The molecule has 3 rings (SSSR count). The molecule has 0 spiro atoms. The van der Waals surface area contributed by atoms with Crippen LogP contribution in [0.4, 0.5) is 0 Å². The van der Waals surface area contributed by atoms with Gasteiger partial charge in [0.05, 0.1) is 12.8 Å².